The Balaban J connectivity index is 1.67. The number of aryl methyl sites for hydroxylation is 2. The maximum atomic E-state index is 12.5. The number of pyridine rings is 1. The Hall–Kier alpha value is -2.45. The highest BCUT2D eigenvalue weighted by molar-refractivity contribution is 7.92. The Bertz CT molecular complexity index is 954. The first-order chi connectivity index (χ1) is 13.3. The highest BCUT2D eigenvalue weighted by Crippen LogP contribution is 2.19. The van der Waals surface area contributed by atoms with E-state index in [0.717, 1.165) is 24.0 Å². The second-order valence-electron chi connectivity index (χ2n) is 7.15. The Morgan fingerprint density at radius 3 is 2.75 bits per heavy atom. The van der Waals surface area contributed by atoms with Gasteiger partial charge in [0.1, 0.15) is 5.82 Å². The molecule has 1 unspecified atom stereocenters. The number of ether oxygens (including phenoxy) is 1. The zero-order chi connectivity index (χ0) is 20.1. The first-order valence-corrected chi connectivity index (χ1v) is 10.9. The molecule has 1 atom stereocenters. The Morgan fingerprint density at radius 2 is 2.04 bits per heavy atom. The molecule has 0 saturated carbocycles. The molecule has 1 saturated heterocycles. The monoisotopic (exact) mass is 403 g/mol. The molecule has 2 N–H and O–H groups in total. The highest BCUT2D eigenvalue weighted by atomic mass is 32.2. The van der Waals surface area contributed by atoms with Crippen molar-refractivity contribution in [2.45, 2.75) is 26.7 Å². The van der Waals surface area contributed by atoms with Crippen molar-refractivity contribution in [3.05, 3.63) is 53.2 Å². The third-order valence-corrected chi connectivity index (χ3v) is 6.19. The number of amides is 1. The van der Waals surface area contributed by atoms with E-state index in [2.05, 4.69) is 15.0 Å². The Labute approximate surface area is 165 Å². The third-order valence-electron chi connectivity index (χ3n) is 4.76. The summed E-state index contributed by atoms with van der Waals surface area (Å²) in [5.41, 5.74) is 3.23. The van der Waals surface area contributed by atoms with Crippen molar-refractivity contribution in [1.82, 2.24) is 4.98 Å². The van der Waals surface area contributed by atoms with Gasteiger partial charge in [-0.3, -0.25) is 9.52 Å². The molecule has 2 heterocycles. The van der Waals surface area contributed by atoms with Crippen LogP contribution < -0.4 is 10.0 Å². The van der Waals surface area contributed by atoms with E-state index < -0.39 is 10.0 Å². The van der Waals surface area contributed by atoms with Crippen molar-refractivity contribution in [1.29, 1.82) is 0 Å². The second-order valence-corrected chi connectivity index (χ2v) is 8.92. The Kier molecular flexibility index (Phi) is 6.31. The fourth-order valence-corrected chi connectivity index (χ4v) is 4.50. The Morgan fingerprint density at radius 1 is 1.21 bits per heavy atom. The molecule has 0 radical (unpaired) electrons. The fraction of sp³-hybridized carbons (Fsp3) is 0.400. The topological polar surface area (TPSA) is 97.4 Å². The zero-order valence-electron chi connectivity index (χ0n) is 16.1. The van der Waals surface area contributed by atoms with Crippen LogP contribution in [-0.2, 0) is 14.8 Å². The number of hydrogen-bond acceptors (Lipinski definition) is 5. The van der Waals surface area contributed by atoms with Crippen LogP contribution in [0.2, 0.25) is 0 Å². The number of benzene rings is 1. The van der Waals surface area contributed by atoms with Crippen LogP contribution in [0.4, 0.5) is 11.5 Å². The van der Waals surface area contributed by atoms with Crippen LogP contribution in [0.25, 0.3) is 0 Å². The van der Waals surface area contributed by atoms with Crippen LogP contribution in [0, 0.1) is 19.8 Å². The van der Waals surface area contributed by atoms with Crippen molar-refractivity contribution in [2.75, 3.05) is 29.0 Å². The van der Waals surface area contributed by atoms with E-state index in [0.29, 0.717) is 24.5 Å². The maximum Gasteiger partial charge on any atom is 0.255 e. The number of anilines is 2. The quantitative estimate of drug-likeness (QED) is 0.772. The number of hydrogen-bond donors (Lipinski definition) is 2. The zero-order valence-corrected chi connectivity index (χ0v) is 16.9. The van der Waals surface area contributed by atoms with E-state index in [4.69, 9.17) is 4.74 Å². The molecule has 1 aliphatic heterocycles. The summed E-state index contributed by atoms with van der Waals surface area (Å²) in [7, 11) is -3.57. The van der Waals surface area contributed by atoms with Crippen LogP contribution in [0.1, 0.15) is 34.3 Å². The molecule has 1 aliphatic rings. The molecule has 3 rings (SSSR count). The van der Waals surface area contributed by atoms with Crippen LogP contribution in [0.5, 0.6) is 0 Å². The predicted octanol–water partition coefficient (Wildman–Crippen LogP) is 3.12. The van der Waals surface area contributed by atoms with Gasteiger partial charge in [-0.2, -0.15) is 0 Å². The lowest BCUT2D eigenvalue weighted by Gasteiger charge is -2.21. The number of nitrogens with zero attached hydrogens (tertiary/aromatic N) is 1. The molecule has 1 aromatic carbocycles. The van der Waals surface area contributed by atoms with E-state index in [1.165, 1.54) is 12.3 Å². The number of carbonyl (C=O) groups is 1. The van der Waals surface area contributed by atoms with E-state index in [9.17, 15) is 13.2 Å². The normalized spacial score (nSPS) is 17.1. The average Bonchev–Trinajstić information content (AvgIpc) is 2.65. The summed E-state index contributed by atoms with van der Waals surface area (Å²) in [5.74, 6) is -0.243. The van der Waals surface area contributed by atoms with Gasteiger partial charge in [-0.05, 0) is 68.0 Å². The van der Waals surface area contributed by atoms with Gasteiger partial charge < -0.3 is 10.1 Å². The lowest BCUT2D eigenvalue weighted by atomic mass is 10.1. The van der Waals surface area contributed by atoms with Crippen molar-refractivity contribution < 1.29 is 17.9 Å². The van der Waals surface area contributed by atoms with Gasteiger partial charge in [-0.1, -0.05) is 6.07 Å². The van der Waals surface area contributed by atoms with E-state index in [-0.39, 0.29) is 23.4 Å². The van der Waals surface area contributed by atoms with Crippen LogP contribution in [0.3, 0.4) is 0 Å². The molecule has 1 amide bonds. The minimum absolute atomic E-state index is 0.0201. The van der Waals surface area contributed by atoms with Crippen molar-refractivity contribution in [3.8, 4) is 0 Å². The van der Waals surface area contributed by atoms with Gasteiger partial charge in [0.2, 0.25) is 10.0 Å². The SMILES string of the molecule is Cc1ccc(NC(=O)c2ccnc(NS(=O)(=O)CC3CCCOC3)c2)cc1C. The largest absolute Gasteiger partial charge is 0.381 e. The number of nitrogens with one attached hydrogen (secondary N) is 2. The van der Waals surface area contributed by atoms with Gasteiger partial charge in [-0.25, -0.2) is 13.4 Å². The molecule has 28 heavy (non-hydrogen) atoms. The van der Waals surface area contributed by atoms with Gasteiger partial charge in [0.25, 0.3) is 5.91 Å². The summed E-state index contributed by atoms with van der Waals surface area (Å²) >= 11 is 0. The molecule has 1 aromatic heterocycles. The van der Waals surface area contributed by atoms with Crippen LogP contribution >= 0.6 is 0 Å². The summed E-state index contributed by atoms with van der Waals surface area (Å²) in [6, 6.07) is 8.64. The molecular formula is C20H25N3O4S. The molecule has 0 aliphatic carbocycles. The second kappa shape index (κ2) is 8.70. The van der Waals surface area contributed by atoms with E-state index >= 15 is 0 Å². The van der Waals surface area contributed by atoms with Crippen molar-refractivity contribution in [3.63, 3.8) is 0 Å². The van der Waals surface area contributed by atoms with E-state index in [1.54, 1.807) is 6.07 Å². The summed E-state index contributed by atoms with van der Waals surface area (Å²) in [6.45, 7) is 5.11. The summed E-state index contributed by atoms with van der Waals surface area (Å²) in [6.07, 6.45) is 3.11. The lowest BCUT2D eigenvalue weighted by molar-refractivity contribution is 0.0626. The summed E-state index contributed by atoms with van der Waals surface area (Å²) in [4.78, 5) is 16.5. The molecule has 0 bridgehead atoms. The molecular weight excluding hydrogens is 378 g/mol. The molecule has 2 aromatic rings. The first-order valence-electron chi connectivity index (χ1n) is 9.25. The molecule has 150 valence electrons. The van der Waals surface area contributed by atoms with E-state index in [1.807, 2.05) is 32.0 Å². The molecule has 0 spiro atoms. The molecule has 1 fully saturated rings. The number of carbonyl (C=O) groups excluding carboxylic acids is 1. The minimum atomic E-state index is -3.57. The maximum absolute atomic E-state index is 12.5. The first kappa shape index (κ1) is 20.3. The molecule has 8 heteroatoms. The van der Waals surface area contributed by atoms with Crippen LogP contribution in [-0.4, -0.2) is 38.3 Å². The molecule has 7 nitrogen and oxygen atoms in total. The lowest BCUT2D eigenvalue weighted by Crippen LogP contribution is -2.28. The third kappa shape index (κ3) is 5.53. The van der Waals surface area contributed by atoms with Gasteiger partial charge in [0.05, 0.1) is 12.4 Å². The van der Waals surface area contributed by atoms with Crippen molar-refractivity contribution >= 4 is 27.4 Å². The standard InChI is InChI=1S/C20H25N3O4S/c1-14-5-6-18(10-15(14)2)22-20(24)17-7-8-21-19(11-17)23-28(25,26)13-16-4-3-9-27-12-16/h5-8,10-11,16H,3-4,9,12-13H2,1-2H3,(H,21,23)(H,22,24). The van der Waals surface area contributed by atoms with Gasteiger partial charge >= 0.3 is 0 Å². The predicted molar refractivity (Wildman–Crippen MR) is 109 cm³/mol. The number of rotatable bonds is 6. The smallest absolute Gasteiger partial charge is 0.255 e. The fourth-order valence-electron chi connectivity index (χ4n) is 3.10. The van der Waals surface area contributed by atoms with Gasteiger partial charge in [0.15, 0.2) is 0 Å². The number of sulfonamides is 1. The van der Waals surface area contributed by atoms with Crippen molar-refractivity contribution in [2.24, 2.45) is 5.92 Å². The van der Waals surface area contributed by atoms with Gasteiger partial charge in [-0.15, -0.1) is 0 Å². The highest BCUT2D eigenvalue weighted by Gasteiger charge is 2.22. The van der Waals surface area contributed by atoms with Crippen LogP contribution in [0.15, 0.2) is 36.5 Å². The summed E-state index contributed by atoms with van der Waals surface area (Å²) < 4.78 is 32.6. The average molecular weight is 404 g/mol. The van der Waals surface area contributed by atoms with Gasteiger partial charge in [0, 0.05) is 24.1 Å². The number of aromatic nitrogens is 1. The minimum Gasteiger partial charge on any atom is -0.381 e. The summed E-state index contributed by atoms with van der Waals surface area (Å²) in [5, 5.41) is 2.82.